The molecule has 4 heteroatoms. The maximum Gasteiger partial charge on any atom is 0.343 e. The van der Waals surface area contributed by atoms with E-state index in [1.165, 1.54) is 11.1 Å². The molecular formula is C24H30O4. The lowest BCUT2D eigenvalue weighted by Gasteiger charge is -2.40. The predicted molar refractivity (Wildman–Crippen MR) is 110 cm³/mol. The van der Waals surface area contributed by atoms with Crippen LogP contribution in [-0.2, 0) is 14.9 Å². The number of rotatable bonds is 5. The van der Waals surface area contributed by atoms with Crippen molar-refractivity contribution in [1.82, 2.24) is 0 Å². The predicted octanol–water partition coefficient (Wildman–Crippen LogP) is 5.62. The van der Waals surface area contributed by atoms with E-state index in [-0.39, 0.29) is 11.4 Å². The largest absolute Gasteiger partial charge is 0.423 e. The van der Waals surface area contributed by atoms with Gasteiger partial charge in [-0.05, 0) is 59.1 Å². The molecule has 0 heterocycles. The molecule has 0 N–H and O–H groups in total. The third kappa shape index (κ3) is 3.98. The lowest BCUT2D eigenvalue weighted by Crippen LogP contribution is -2.31. The Hall–Kier alpha value is -2.17. The van der Waals surface area contributed by atoms with E-state index < -0.39 is 6.29 Å². The highest BCUT2D eigenvalue weighted by Crippen LogP contribution is 2.45. The van der Waals surface area contributed by atoms with Gasteiger partial charge in [0.2, 0.25) is 0 Å². The number of hydrogen-bond donors (Lipinski definition) is 0. The molecule has 2 atom stereocenters. The minimum Gasteiger partial charge on any atom is -0.423 e. The smallest absolute Gasteiger partial charge is 0.343 e. The first-order valence-electron chi connectivity index (χ1n) is 9.79. The first-order valence-corrected chi connectivity index (χ1v) is 9.79. The monoisotopic (exact) mass is 382 g/mol. The van der Waals surface area contributed by atoms with Crippen LogP contribution in [0.1, 0.15) is 73.4 Å². The van der Waals surface area contributed by atoms with Crippen molar-refractivity contribution < 1.29 is 19.0 Å². The molecule has 0 saturated heterocycles. The molecule has 2 unspecified atom stereocenters. The van der Waals surface area contributed by atoms with Crippen molar-refractivity contribution >= 4 is 5.97 Å². The van der Waals surface area contributed by atoms with Gasteiger partial charge in [0.25, 0.3) is 0 Å². The highest BCUT2D eigenvalue weighted by atomic mass is 16.7. The molecule has 2 aromatic carbocycles. The fourth-order valence-electron chi connectivity index (χ4n) is 4.31. The van der Waals surface area contributed by atoms with Gasteiger partial charge in [-0.1, -0.05) is 45.9 Å². The first-order chi connectivity index (χ1) is 13.3. The van der Waals surface area contributed by atoms with Gasteiger partial charge in [0.15, 0.2) is 6.29 Å². The van der Waals surface area contributed by atoms with E-state index >= 15 is 0 Å². The van der Waals surface area contributed by atoms with Crippen molar-refractivity contribution in [1.29, 1.82) is 0 Å². The molecule has 3 rings (SSSR count). The Morgan fingerprint density at radius 2 is 1.68 bits per heavy atom. The Kier molecular flexibility index (Phi) is 5.92. The number of methoxy groups -OCH3 is 2. The van der Waals surface area contributed by atoms with Crippen LogP contribution in [0.3, 0.4) is 0 Å². The average molecular weight is 383 g/mol. The molecule has 0 fully saturated rings. The summed E-state index contributed by atoms with van der Waals surface area (Å²) in [6.45, 7) is 9.09. The van der Waals surface area contributed by atoms with E-state index in [2.05, 4.69) is 33.8 Å². The van der Waals surface area contributed by atoms with Gasteiger partial charge in [-0.25, -0.2) is 4.79 Å². The van der Waals surface area contributed by atoms with Crippen LogP contribution in [0.5, 0.6) is 5.75 Å². The van der Waals surface area contributed by atoms with Crippen LogP contribution in [-0.4, -0.2) is 20.2 Å². The number of esters is 1. The molecule has 0 amide bonds. The van der Waals surface area contributed by atoms with Crippen molar-refractivity contribution in [3.63, 3.8) is 0 Å². The fraction of sp³-hybridized carbons (Fsp3) is 0.458. The Morgan fingerprint density at radius 3 is 2.29 bits per heavy atom. The molecule has 0 saturated carbocycles. The van der Waals surface area contributed by atoms with Gasteiger partial charge >= 0.3 is 5.97 Å². The summed E-state index contributed by atoms with van der Waals surface area (Å²) < 4.78 is 16.1. The third-order valence-electron chi connectivity index (χ3n) is 5.98. The van der Waals surface area contributed by atoms with Crippen molar-refractivity contribution in [3.8, 4) is 5.75 Å². The fourth-order valence-corrected chi connectivity index (χ4v) is 4.31. The highest BCUT2D eigenvalue weighted by molar-refractivity contribution is 5.91. The molecule has 0 radical (unpaired) electrons. The molecule has 0 aromatic heterocycles. The van der Waals surface area contributed by atoms with E-state index in [0.29, 0.717) is 23.1 Å². The van der Waals surface area contributed by atoms with E-state index in [4.69, 9.17) is 14.2 Å². The van der Waals surface area contributed by atoms with Gasteiger partial charge in [0.05, 0.1) is 5.56 Å². The summed E-state index contributed by atoms with van der Waals surface area (Å²) >= 11 is 0. The summed E-state index contributed by atoms with van der Waals surface area (Å²) in [5.74, 6) is 1.17. The van der Waals surface area contributed by atoms with Crippen molar-refractivity contribution in [2.45, 2.75) is 51.7 Å². The molecular weight excluding hydrogens is 352 g/mol. The lowest BCUT2D eigenvalue weighted by atomic mass is 9.64. The van der Waals surface area contributed by atoms with Crippen molar-refractivity contribution in [2.75, 3.05) is 14.2 Å². The maximum absolute atomic E-state index is 12.7. The second-order valence-electron chi connectivity index (χ2n) is 8.42. The Balaban J connectivity index is 1.80. The minimum absolute atomic E-state index is 0.124. The summed E-state index contributed by atoms with van der Waals surface area (Å²) in [6, 6.07) is 13.2. The lowest BCUT2D eigenvalue weighted by molar-refractivity contribution is -0.106. The van der Waals surface area contributed by atoms with Crippen LogP contribution in [0.25, 0.3) is 0 Å². The first kappa shape index (κ1) is 20.6. The molecule has 1 aliphatic rings. The van der Waals surface area contributed by atoms with E-state index in [9.17, 15) is 4.79 Å². The van der Waals surface area contributed by atoms with E-state index in [1.54, 1.807) is 26.4 Å². The van der Waals surface area contributed by atoms with Crippen LogP contribution in [0.2, 0.25) is 0 Å². The third-order valence-corrected chi connectivity index (χ3v) is 5.98. The maximum atomic E-state index is 12.7. The summed E-state index contributed by atoms with van der Waals surface area (Å²) in [6.07, 6.45) is 0.721. The minimum atomic E-state index is -0.433. The van der Waals surface area contributed by atoms with Gasteiger partial charge < -0.3 is 14.2 Å². The molecule has 1 aliphatic carbocycles. The normalized spacial score (nSPS) is 20.7. The Bertz CT molecular complexity index is 834. The number of ether oxygens (including phenoxy) is 3. The average Bonchev–Trinajstić information content (AvgIpc) is 2.68. The zero-order valence-electron chi connectivity index (χ0n) is 17.6. The summed E-state index contributed by atoms with van der Waals surface area (Å²) in [7, 11) is 3.17. The molecule has 2 aromatic rings. The zero-order chi connectivity index (χ0) is 20.5. The summed E-state index contributed by atoms with van der Waals surface area (Å²) in [5, 5.41) is 0. The number of carbonyl (C=O) groups is 1. The van der Waals surface area contributed by atoms with Crippen LogP contribution < -0.4 is 4.74 Å². The van der Waals surface area contributed by atoms with Gasteiger partial charge in [-0.3, -0.25) is 0 Å². The number of benzene rings is 2. The van der Waals surface area contributed by atoms with Crippen molar-refractivity contribution in [2.24, 2.45) is 5.92 Å². The van der Waals surface area contributed by atoms with Gasteiger partial charge in [-0.15, -0.1) is 0 Å². The Labute approximate surface area is 167 Å². The van der Waals surface area contributed by atoms with Gasteiger partial charge in [0.1, 0.15) is 5.75 Å². The highest BCUT2D eigenvalue weighted by Gasteiger charge is 2.35. The quantitative estimate of drug-likeness (QED) is 0.383. The van der Waals surface area contributed by atoms with Gasteiger partial charge in [0, 0.05) is 19.8 Å². The number of hydrogen-bond acceptors (Lipinski definition) is 4. The summed E-state index contributed by atoms with van der Waals surface area (Å²) in [4.78, 5) is 12.7. The summed E-state index contributed by atoms with van der Waals surface area (Å²) in [5.41, 5.74) is 4.18. The van der Waals surface area contributed by atoms with Crippen LogP contribution in [0.4, 0.5) is 0 Å². The molecule has 0 spiro atoms. The number of carbonyl (C=O) groups excluding carboxylic acids is 1. The van der Waals surface area contributed by atoms with E-state index in [0.717, 1.165) is 12.0 Å². The molecule has 0 aliphatic heterocycles. The SMILES string of the molecule is COC(OC)c1ccc(OC(=O)c2ccc3c(c2)C(C)C(C)CC3(C)C)cc1. The van der Waals surface area contributed by atoms with Crippen LogP contribution in [0.15, 0.2) is 42.5 Å². The molecule has 4 nitrogen and oxygen atoms in total. The second kappa shape index (κ2) is 8.06. The topological polar surface area (TPSA) is 44.8 Å². The Morgan fingerprint density at radius 1 is 1.04 bits per heavy atom. The standard InChI is InChI=1S/C24H30O4/c1-15-14-24(3,4)21-12-9-18(13-20(21)16(15)2)22(25)28-19-10-7-17(8-11-19)23(26-5)27-6/h7-13,15-16,23H,14H2,1-6H3. The van der Waals surface area contributed by atoms with Crippen molar-refractivity contribution in [3.05, 3.63) is 64.7 Å². The van der Waals surface area contributed by atoms with E-state index in [1.807, 2.05) is 24.3 Å². The zero-order valence-corrected chi connectivity index (χ0v) is 17.6. The van der Waals surface area contributed by atoms with Gasteiger partial charge in [-0.2, -0.15) is 0 Å². The van der Waals surface area contributed by atoms with Crippen LogP contribution >= 0.6 is 0 Å². The van der Waals surface area contributed by atoms with Crippen LogP contribution in [0, 0.1) is 5.92 Å². The molecule has 0 bridgehead atoms. The molecule has 28 heavy (non-hydrogen) atoms. The number of fused-ring (bicyclic) bond motifs is 1. The molecule has 150 valence electrons. The second-order valence-corrected chi connectivity index (χ2v) is 8.42.